The molecule has 0 saturated heterocycles. The number of nitrogens with zero attached hydrogens (tertiary/aromatic N) is 1. The van der Waals surface area contributed by atoms with Gasteiger partial charge in [0.2, 0.25) is 0 Å². The molecule has 0 spiro atoms. The van der Waals surface area contributed by atoms with Gasteiger partial charge >= 0.3 is 0 Å². The zero-order valence-electron chi connectivity index (χ0n) is 15.4. The third-order valence-electron chi connectivity index (χ3n) is 4.28. The van der Waals surface area contributed by atoms with Crippen molar-refractivity contribution in [3.8, 4) is 0 Å². The number of amides is 1. The maximum Gasteiger partial charge on any atom is 0.251 e. The average Bonchev–Trinajstić information content (AvgIpc) is 2.57. The molecule has 2 aromatic rings. The first-order valence-corrected chi connectivity index (χ1v) is 9.26. The van der Waals surface area contributed by atoms with Crippen LogP contribution in [-0.4, -0.2) is 17.0 Å². The fourth-order valence-corrected chi connectivity index (χ4v) is 3.51. The van der Waals surface area contributed by atoms with Crippen LogP contribution >= 0.6 is 23.2 Å². The van der Waals surface area contributed by atoms with Gasteiger partial charge < -0.3 is 15.2 Å². The van der Waals surface area contributed by atoms with Crippen molar-refractivity contribution >= 4 is 34.8 Å². The Morgan fingerprint density at radius 3 is 2.46 bits per heavy atom. The molecular formula is C19H23Cl2N3O2. The molecule has 0 aliphatic rings. The van der Waals surface area contributed by atoms with Gasteiger partial charge in [-0.1, -0.05) is 23.2 Å². The Kier molecular flexibility index (Phi) is 6.73. The fraction of sp³-hybridized carbons (Fsp3) is 0.368. The number of aromatic nitrogens is 1. The quantitative estimate of drug-likeness (QED) is 0.721. The molecule has 140 valence electrons. The average molecular weight is 396 g/mol. The van der Waals surface area contributed by atoms with E-state index in [9.17, 15) is 9.59 Å². The Balaban J connectivity index is 2.29. The van der Waals surface area contributed by atoms with Crippen LogP contribution in [0.15, 0.2) is 23.0 Å². The summed E-state index contributed by atoms with van der Waals surface area (Å²) in [6.07, 6.45) is 0. The summed E-state index contributed by atoms with van der Waals surface area (Å²) < 4.78 is 1.83. The molecule has 1 aromatic heterocycles. The molecule has 2 N–H and O–H groups in total. The number of aryl methyl sites for hydroxylation is 1. The summed E-state index contributed by atoms with van der Waals surface area (Å²) in [4.78, 5) is 24.9. The Labute approximate surface area is 163 Å². The molecule has 1 amide bonds. The summed E-state index contributed by atoms with van der Waals surface area (Å²) >= 11 is 12.5. The van der Waals surface area contributed by atoms with Gasteiger partial charge in [-0.2, -0.15) is 0 Å². The molecule has 1 heterocycles. The second kappa shape index (κ2) is 8.60. The van der Waals surface area contributed by atoms with Crippen molar-refractivity contribution in [3.05, 3.63) is 61.0 Å². The maximum absolute atomic E-state index is 12.6. The SMILES string of the molecule is CCNc1cc(Cl)cc(C(=O)NCc2c(Cl)n(CC)c(C)cc2=O)c1C. The highest BCUT2D eigenvalue weighted by Crippen LogP contribution is 2.25. The van der Waals surface area contributed by atoms with E-state index in [1.165, 1.54) is 6.07 Å². The number of carbonyl (C=O) groups excluding carboxylic acids is 1. The van der Waals surface area contributed by atoms with Gasteiger partial charge in [0.15, 0.2) is 5.43 Å². The van der Waals surface area contributed by atoms with Crippen molar-refractivity contribution in [2.75, 3.05) is 11.9 Å². The lowest BCUT2D eigenvalue weighted by molar-refractivity contribution is 0.0950. The minimum absolute atomic E-state index is 0.0548. The smallest absolute Gasteiger partial charge is 0.251 e. The standard InChI is InChI=1S/C19H23Cl2N3O2/c1-5-22-16-9-13(20)8-14(12(16)4)19(26)23-10-15-17(25)7-11(3)24(6-2)18(15)21/h7-9,22H,5-6,10H2,1-4H3,(H,23,26). The van der Waals surface area contributed by atoms with E-state index in [-0.39, 0.29) is 17.9 Å². The van der Waals surface area contributed by atoms with Gasteiger partial charge in [-0.3, -0.25) is 9.59 Å². The number of nitrogens with one attached hydrogen (secondary N) is 2. The van der Waals surface area contributed by atoms with Gasteiger partial charge in [-0.25, -0.2) is 0 Å². The van der Waals surface area contributed by atoms with Crippen molar-refractivity contribution < 1.29 is 4.79 Å². The van der Waals surface area contributed by atoms with E-state index in [1.54, 1.807) is 12.1 Å². The molecule has 26 heavy (non-hydrogen) atoms. The first-order chi connectivity index (χ1) is 12.3. The summed E-state index contributed by atoms with van der Waals surface area (Å²) in [6, 6.07) is 4.94. The van der Waals surface area contributed by atoms with Crippen molar-refractivity contribution in [1.29, 1.82) is 0 Å². The molecule has 0 radical (unpaired) electrons. The highest BCUT2D eigenvalue weighted by molar-refractivity contribution is 6.31. The van der Waals surface area contributed by atoms with E-state index in [0.717, 1.165) is 23.5 Å². The number of carbonyl (C=O) groups is 1. The highest BCUT2D eigenvalue weighted by Gasteiger charge is 2.16. The topological polar surface area (TPSA) is 63.1 Å². The van der Waals surface area contributed by atoms with Crippen LogP contribution in [0.2, 0.25) is 10.2 Å². The lowest BCUT2D eigenvalue weighted by Gasteiger charge is -2.16. The Bertz CT molecular complexity index is 891. The molecular weight excluding hydrogens is 373 g/mol. The zero-order chi connectivity index (χ0) is 19.4. The molecule has 0 fully saturated rings. The van der Waals surface area contributed by atoms with Crippen molar-refractivity contribution in [3.63, 3.8) is 0 Å². The maximum atomic E-state index is 12.6. The van der Waals surface area contributed by atoms with Crippen LogP contribution in [0.5, 0.6) is 0 Å². The fourth-order valence-electron chi connectivity index (χ4n) is 2.88. The largest absolute Gasteiger partial charge is 0.385 e. The molecule has 7 heteroatoms. The van der Waals surface area contributed by atoms with Gasteiger partial charge in [-0.15, -0.1) is 0 Å². The number of halogens is 2. The number of rotatable bonds is 6. The normalized spacial score (nSPS) is 10.7. The van der Waals surface area contributed by atoms with Crippen molar-refractivity contribution in [2.45, 2.75) is 40.8 Å². The van der Waals surface area contributed by atoms with Crippen LogP contribution in [0, 0.1) is 13.8 Å². The number of pyridine rings is 1. The highest BCUT2D eigenvalue weighted by atomic mass is 35.5. The van der Waals surface area contributed by atoms with Gasteiger partial charge in [0.1, 0.15) is 5.15 Å². The summed E-state index contributed by atoms with van der Waals surface area (Å²) in [5, 5.41) is 6.79. The second-order valence-corrected chi connectivity index (χ2v) is 6.80. The van der Waals surface area contributed by atoms with E-state index in [0.29, 0.717) is 27.8 Å². The molecule has 5 nitrogen and oxygen atoms in total. The van der Waals surface area contributed by atoms with Crippen molar-refractivity contribution in [2.24, 2.45) is 0 Å². The number of hydrogen-bond acceptors (Lipinski definition) is 3. The number of anilines is 1. The Hall–Kier alpha value is -1.98. The predicted molar refractivity (Wildman–Crippen MR) is 108 cm³/mol. The summed E-state index contributed by atoms with van der Waals surface area (Å²) in [7, 11) is 0. The first kappa shape index (κ1) is 20.3. The summed E-state index contributed by atoms with van der Waals surface area (Å²) in [6.45, 7) is 9.02. The van der Waals surface area contributed by atoms with Crippen LogP contribution in [-0.2, 0) is 13.1 Å². The minimum atomic E-state index is -0.303. The minimum Gasteiger partial charge on any atom is -0.385 e. The van der Waals surface area contributed by atoms with E-state index in [4.69, 9.17) is 23.2 Å². The van der Waals surface area contributed by atoms with Crippen LogP contribution in [0.3, 0.4) is 0 Å². The van der Waals surface area contributed by atoms with E-state index < -0.39 is 0 Å². The Morgan fingerprint density at radius 1 is 1.15 bits per heavy atom. The molecule has 0 atom stereocenters. The molecule has 0 saturated carbocycles. The van der Waals surface area contributed by atoms with E-state index in [1.807, 2.05) is 32.3 Å². The van der Waals surface area contributed by atoms with Gasteiger partial charge in [0, 0.05) is 47.7 Å². The van der Waals surface area contributed by atoms with Crippen molar-refractivity contribution in [1.82, 2.24) is 9.88 Å². The monoisotopic (exact) mass is 395 g/mol. The third kappa shape index (κ3) is 4.22. The van der Waals surface area contributed by atoms with Gasteiger partial charge in [0.25, 0.3) is 5.91 Å². The van der Waals surface area contributed by atoms with Crippen LogP contribution < -0.4 is 16.1 Å². The van der Waals surface area contributed by atoms with E-state index in [2.05, 4.69) is 10.6 Å². The molecule has 0 aliphatic carbocycles. The predicted octanol–water partition coefficient (Wildman–Crippen LogP) is 4.15. The lowest BCUT2D eigenvalue weighted by atomic mass is 10.1. The van der Waals surface area contributed by atoms with Crippen LogP contribution in [0.4, 0.5) is 5.69 Å². The van der Waals surface area contributed by atoms with Crippen LogP contribution in [0.25, 0.3) is 0 Å². The molecule has 0 aliphatic heterocycles. The van der Waals surface area contributed by atoms with Gasteiger partial charge in [-0.05, 0) is 45.4 Å². The molecule has 0 unspecified atom stereocenters. The van der Waals surface area contributed by atoms with Crippen LogP contribution in [0.1, 0.15) is 41.0 Å². The summed E-state index contributed by atoms with van der Waals surface area (Å²) in [5.74, 6) is -0.303. The molecule has 1 aromatic carbocycles. The van der Waals surface area contributed by atoms with E-state index >= 15 is 0 Å². The number of hydrogen-bond donors (Lipinski definition) is 2. The van der Waals surface area contributed by atoms with Gasteiger partial charge in [0.05, 0.1) is 5.56 Å². The summed E-state index contributed by atoms with van der Waals surface area (Å²) in [5.41, 5.74) is 3.06. The third-order valence-corrected chi connectivity index (χ3v) is 4.93. The lowest BCUT2D eigenvalue weighted by Crippen LogP contribution is -2.28. The molecule has 0 bridgehead atoms. The Morgan fingerprint density at radius 2 is 1.85 bits per heavy atom. The zero-order valence-corrected chi connectivity index (χ0v) is 16.9. The molecule has 2 rings (SSSR count). The second-order valence-electron chi connectivity index (χ2n) is 6.00. The number of benzene rings is 1. The first-order valence-electron chi connectivity index (χ1n) is 8.51.